The average molecular weight is 309 g/mol. The van der Waals surface area contributed by atoms with Crippen LogP contribution >= 0.6 is 11.8 Å². The molecule has 0 spiro atoms. The van der Waals surface area contributed by atoms with Crippen molar-refractivity contribution in [2.45, 2.75) is 19.8 Å². The summed E-state index contributed by atoms with van der Waals surface area (Å²) < 4.78 is 0. The fraction of sp³-hybridized carbons (Fsp3) is 0.357. The summed E-state index contributed by atoms with van der Waals surface area (Å²) in [7, 11) is 0. The van der Waals surface area contributed by atoms with Crippen molar-refractivity contribution in [2.75, 3.05) is 17.6 Å². The Morgan fingerprint density at radius 1 is 1.43 bits per heavy atom. The molecule has 0 aliphatic carbocycles. The zero-order valence-electron chi connectivity index (χ0n) is 11.8. The van der Waals surface area contributed by atoms with Crippen molar-refractivity contribution in [3.8, 4) is 0 Å². The van der Waals surface area contributed by atoms with E-state index in [1.54, 1.807) is 17.8 Å². The molecule has 7 heteroatoms. The molecule has 0 radical (unpaired) electrons. The van der Waals surface area contributed by atoms with Gasteiger partial charge in [0.15, 0.2) is 5.17 Å². The van der Waals surface area contributed by atoms with Crippen LogP contribution in [0.3, 0.4) is 0 Å². The lowest BCUT2D eigenvalue weighted by atomic mass is 10.2. The van der Waals surface area contributed by atoms with E-state index in [0.29, 0.717) is 5.69 Å². The van der Waals surface area contributed by atoms with Gasteiger partial charge in [0.2, 0.25) is 5.91 Å². The summed E-state index contributed by atoms with van der Waals surface area (Å²) in [6.07, 6.45) is -0.138. The Kier molecular flexibility index (Phi) is 7.31. The Morgan fingerprint density at radius 3 is 2.67 bits per heavy atom. The van der Waals surface area contributed by atoms with E-state index in [9.17, 15) is 9.59 Å². The summed E-state index contributed by atoms with van der Waals surface area (Å²) in [4.78, 5) is 25.4. The number of carboxylic acids is 1. The van der Waals surface area contributed by atoms with E-state index in [1.807, 2.05) is 25.1 Å². The Balaban J connectivity index is 0.000000304. The molecular formula is C14H19N3O3S. The van der Waals surface area contributed by atoms with Crippen molar-refractivity contribution in [1.29, 1.82) is 0 Å². The van der Waals surface area contributed by atoms with Crippen LogP contribution in [0.15, 0.2) is 29.3 Å². The van der Waals surface area contributed by atoms with Gasteiger partial charge in [-0.1, -0.05) is 23.9 Å². The quantitative estimate of drug-likeness (QED) is 0.787. The highest BCUT2D eigenvalue weighted by molar-refractivity contribution is 8.14. The molecule has 1 aromatic carbocycles. The second kappa shape index (κ2) is 9.02. The second-order valence-electron chi connectivity index (χ2n) is 4.38. The predicted octanol–water partition coefficient (Wildman–Crippen LogP) is 1.85. The van der Waals surface area contributed by atoms with Gasteiger partial charge in [-0.05, 0) is 24.6 Å². The number of aliphatic imine (C=N–C) groups is 1. The van der Waals surface area contributed by atoms with E-state index < -0.39 is 5.97 Å². The fourth-order valence-corrected chi connectivity index (χ4v) is 2.09. The Labute approximate surface area is 127 Å². The van der Waals surface area contributed by atoms with Crippen molar-refractivity contribution in [1.82, 2.24) is 0 Å². The van der Waals surface area contributed by atoms with Gasteiger partial charge in [0, 0.05) is 17.9 Å². The number of nitrogens with two attached hydrogens (primary N) is 1. The number of nitrogens with one attached hydrogen (secondary N) is 1. The van der Waals surface area contributed by atoms with Crippen LogP contribution in [0.25, 0.3) is 0 Å². The van der Waals surface area contributed by atoms with Crippen molar-refractivity contribution in [2.24, 2.45) is 10.7 Å². The third kappa shape index (κ3) is 7.98. The van der Waals surface area contributed by atoms with E-state index >= 15 is 0 Å². The van der Waals surface area contributed by atoms with Gasteiger partial charge < -0.3 is 16.2 Å². The van der Waals surface area contributed by atoms with Gasteiger partial charge in [-0.2, -0.15) is 0 Å². The van der Waals surface area contributed by atoms with Crippen molar-refractivity contribution >= 4 is 34.5 Å². The first-order valence-corrected chi connectivity index (χ1v) is 7.47. The molecule has 0 aromatic heterocycles. The molecule has 21 heavy (non-hydrogen) atoms. The number of hydrogen-bond acceptors (Lipinski definition) is 5. The highest BCUT2D eigenvalue weighted by Crippen LogP contribution is 2.10. The molecule has 0 bridgehead atoms. The number of carbonyl (C=O) groups is 2. The Hall–Kier alpha value is -2.02. The number of carboxylic acid groups (broad SMARTS) is 1. The topological polar surface area (TPSA) is 105 Å². The monoisotopic (exact) mass is 309 g/mol. The maximum Gasteiger partial charge on any atom is 0.303 e. The van der Waals surface area contributed by atoms with Crippen LogP contribution in [0, 0.1) is 6.92 Å². The minimum Gasteiger partial charge on any atom is -0.481 e. The molecule has 0 atom stereocenters. The number of amidine groups is 1. The summed E-state index contributed by atoms with van der Waals surface area (Å²) >= 11 is 1.62. The molecule has 0 saturated carbocycles. The molecule has 2 rings (SSSR count). The molecule has 1 aliphatic rings. The smallest absolute Gasteiger partial charge is 0.303 e. The van der Waals surface area contributed by atoms with Crippen molar-refractivity contribution < 1.29 is 14.7 Å². The highest BCUT2D eigenvalue weighted by atomic mass is 32.2. The van der Waals surface area contributed by atoms with Crippen LogP contribution < -0.4 is 11.1 Å². The number of benzene rings is 1. The molecule has 6 nitrogen and oxygen atoms in total. The minimum atomic E-state index is -0.964. The number of aryl methyl sites for hydroxylation is 1. The SMILES string of the molecule is Cc1cccc(NC(=O)CCC(=O)O)c1.NC1=NCCS1. The van der Waals surface area contributed by atoms with E-state index in [-0.39, 0.29) is 18.7 Å². The van der Waals surface area contributed by atoms with Gasteiger partial charge in [-0.3, -0.25) is 14.6 Å². The van der Waals surface area contributed by atoms with Crippen molar-refractivity contribution in [3.63, 3.8) is 0 Å². The van der Waals surface area contributed by atoms with Gasteiger partial charge in [-0.15, -0.1) is 0 Å². The molecule has 4 N–H and O–H groups in total. The van der Waals surface area contributed by atoms with Gasteiger partial charge in [0.25, 0.3) is 0 Å². The molecule has 0 fully saturated rings. The lowest BCUT2D eigenvalue weighted by Gasteiger charge is -2.04. The van der Waals surface area contributed by atoms with E-state index in [0.717, 1.165) is 23.0 Å². The Bertz CT molecular complexity index is 532. The van der Waals surface area contributed by atoms with E-state index in [2.05, 4.69) is 10.3 Å². The average Bonchev–Trinajstić information content (AvgIpc) is 2.88. The van der Waals surface area contributed by atoms with Crippen LogP contribution in [0.4, 0.5) is 5.69 Å². The lowest BCUT2D eigenvalue weighted by molar-refractivity contribution is -0.138. The summed E-state index contributed by atoms with van der Waals surface area (Å²) in [6.45, 7) is 2.84. The maximum atomic E-state index is 11.3. The zero-order chi connectivity index (χ0) is 15.7. The van der Waals surface area contributed by atoms with Gasteiger partial charge in [0.1, 0.15) is 0 Å². The highest BCUT2D eigenvalue weighted by Gasteiger charge is 2.05. The van der Waals surface area contributed by atoms with Crippen LogP contribution in [0.5, 0.6) is 0 Å². The second-order valence-corrected chi connectivity index (χ2v) is 5.50. The number of amides is 1. The maximum absolute atomic E-state index is 11.3. The third-order valence-electron chi connectivity index (χ3n) is 2.48. The molecule has 0 saturated heterocycles. The van der Waals surface area contributed by atoms with E-state index in [4.69, 9.17) is 10.8 Å². The predicted molar refractivity (Wildman–Crippen MR) is 85.6 cm³/mol. The van der Waals surface area contributed by atoms with Gasteiger partial charge in [0.05, 0.1) is 13.0 Å². The zero-order valence-corrected chi connectivity index (χ0v) is 12.7. The normalized spacial score (nSPS) is 12.9. The molecule has 1 heterocycles. The fourth-order valence-electron chi connectivity index (χ4n) is 1.52. The van der Waals surface area contributed by atoms with Crippen LogP contribution in [0.1, 0.15) is 18.4 Å². The van der Waals surface area contributed by atoms with Crippen molar-refractivity contribution in [3.05, 3.63) is 29.8 Å². The number of anilines is 1. The van der Waals surface area contributed by atoms with E-state index in [1.165, 1.54) is 0 Å². The number of carbonyl (C=O) groups excluding carboxylic acids is 1. The molecular weight excluding hydrogens is 290 g/mol. The first kappa shape index (κ1) is 17.0. The molecule has 1 aromatic rings. The summed E-state index contributed by atoms with van der Waals surface area (Å²) in [5.74, 6) is -0.163. The molecule has 1 amide bonds. The first-order valence-electron chi connectivity index (χ1n) is 6.48. The lowest BCUT2D eigenvalue weighted by Crippen LogP contribution is -2.13. The summed E-state index contributed by atoms with van der Waals surface area (Å²) in [6, 6.07) is 7.36. The number of thioether (sulfide) groups is 1. The number of nitrogens with zero attached hydrogens (tertiary/aromatic N) is 1. The standard InChI is InChI=1S/C11H13NO3.C3H6N2S/c1-8-3-2-4-9(7-8)12-10(13)5-6-11(14)15;4-3-5-1-2-6-3/h2-4,7H,5-6H2,1H3,(H,12,13)(H,14,15);1-2H2,(H2,4,5). The number of hydrogen-bond donors (Lipinski definition) is 3. The number of aliphatic carboxylic acids is 1. The summed E-state index contributed by atoms with van der Waals surface area (Å²) in [5.41, 5.74) is 6.99. The molecule has 1 aliphatic heterocycles. The van der Waals surface area contributed by atoms with Gasteiger partial charge >= 0.3 is 5.97 Å². The largest absolute Gasteiger partial charge is 0.481 e. The van der Waals surface area contributed by atoms with Crippen LogP contribution in [-0.2, 0) is 9.59 Å². The molecule has 0 unspecified atom stereocenters. The number of rotatable bonds is 4. The molecule has 114 valence electrons. The first-order chi connectivity index (χ1) is 9.97. The summed E-state index contributed by atoms with van der Waals surface area (Å²) in [5, 5.41) is 11.8. The van der Waals surface area contributed by atoms with Crippen LogP contribution in [0.2, 0.25) is 0 Å². The van der Waals surface area contributed by atoms with Crippen LogP contribution in [-0.4, -0.2) is 34.4 Å². The minimum absolute atomic E-state index is 0.00325. The Morgan fingerprint density at radius 2 is 2.19 bits per heavy atom. The van der Waals surface area contributed by atoms with Gasteiger partial charge in [-0.25, -0.2) is 0 Å². The third-order valence-corrected chi connectivity index (χ3v) is 3.29.